The van der Waals surface area contributed by atoms with Gasteiger partial charge in [0.25, 0.3) is 5.91 Å². The SMILES string of the molecule is Cc1cc(C)c(NC(=O)[C@H](C)OC(=O)COc2ccc(C#N)cc2)c(C)c1. The van der Waals surface area contributed by atoms with Gasteiger partial charge in [-0.15, -0.1) is 0 Å². The highest BCUT2D eigenvalue weighted by molar-refractivity contribution is 5.96. The monoisotopic (exact) mass is 366 g/mol. The van der Waals surface area contributed by atoms with Crippen molar-refractivity contribution in [1.82, 2.24) is 0 Å². The predicted molar refractivity (Wildman–Crippen MR) is 101 cm³/mol. The first-order chi connectivity index (χ1) is 12.8. The topological polar surface area (TPSA) is 88.4 Å². The van der Waals surface area contributed by atoms with Crippen LogP contribution in [-0.2, 0) is 14.3 Å². The van der Waals surface area contributed by atoms with Crippen molar-refractivity contribution in [3.05, 3.63) is 58.7 Å². The Bertz CT molecular complexity index is 859. The molecule has 0 spiro atoms. The number of aryl methyl sites for hydroxylation is 3. The quantitative estimate of drug-likeness (QED) is 0.791. The average molecular weight is 366 g/mol. The molecule has 2 aromatic rings. The summed E-state index contributed by atoms with van der Waals surface area (Å²) in [4.78, 5) is 24.2. The van der Waals surface area contributed by atoms with E-state index in [2.05, 4.69) is 5.32 Å². The van der Waals surface area contributed by atoms with Gasteiger partial charge in [-0.1, -0.05) is 17.7 Å². The zero-order chi connectivity index (χ0) is 20.0. The van der Waals surface area contributed by atoms with Crippen LogP contribution in [0.4, 0.5) is 5.69 Å². The lowest BCUT2D eigenvalue weighted by Crippen LogP contribution is -2.32. The van der Waals surface area contributed by atoms with Crippen molar-refractivity contribution in [2.45, 2.75) is 33.8 Å². The van der Waals surface area contributed by atoms with E-state index in [4.69, 9.17) is 14.7 Å². The number of nitrogens with one attached hydrogen (secondary N) is 1. The molecule has 2 rings (SSSR count). The normalized spacial score (nSPS) is 11.2. The number of amides is 1. The molecular weight excluding hydrogens is 344 g/mol. The zero-order valence-corrected chi connectivity index (χ0v) is 15.8. The second-order valence-electron chi connectivity index (χ2n) is 6.32. The molecule has 0 aromatic heterocycles. The van der Waals surface area contributed by atoms with Gasteiger partial charge in [0, 0.05) is 5.69 Å². The fourth-order valence-electron chi connectivity index (χ4n) is 2.65. The van der Waals surface area contributed by atoms with E-state index in [-0.39, 0.29) is 6.61 Å². The molecular formula is C21H22N2O4. The van der Waals surface area contributed by atoms with Crippen molar-refractivity contribution < 1.29 is 19.1 Å². The molecule has 0 aliphatic rings. The van der Waals surface area contributed by atoms with Crippen LogP contribution in [0, 0.1) is 32.1 Å². The van der Waals surface area contributed by atoms with Crippen LogP contribution in [0.1, 0.15) is 29.2 Å². The van der Waals surface area contributed by atoms with E-state index in [1.165, 1.54) is 6.92 Å². The third-order valence-electron chi connectivity index (χ3n) is 3.94. The first-order valence-corrected chi connectivity index (χ1v) is 8.51. The summed E-state index contributed by atoms with van der Waals surface area (Å²) in [5, 5.41) is 11.6. The number of anilines is 1. The number of ether oxygens (including phenoxy) is 2. The van der Waals surface area contributed by atoms with Gasteiger partial charge in [0.1, 0.15) is 5.75 Å². The van der Waals surface area contributed by atoms with Gasteiger partial charge in [0.2, 0.25) is 0 Å². The lowest BCUT2D eigenvalue weighted by Gasteiger charge is -2.17. The van der Waals surface area contributed by atoms with E-state index in [1.807, 2.05) is 39.0 Å². The highest BCUT2D eigenvalue weighted by Crippen LogP contribution is 2.22. The molecule has 0 bridgehead atoms. The number of hydrogen-bond acceptors (Lipinski definition) is 5. The molecule has 2 aromatic carbocycles. The number of carbonyl (C=O) groups is 2. The second kappa shape index (κ2) is 8.86. The average Bonchev–Trinajstić information content (AvgIpc) is 2.63. The van der Waals surface area contributed by atoms with Crippen molar-refractivity contribution in [3.8, 4) is 11.8 Å². The number of esters is 1. The summed E-state index contributed by atoms with van der Waals surface area (Å²) in [5.74, 6) is -0.620. The summed E-state index contributed by atoms with van der Waals surface area (Å²) in [6, 6.07) is 12.3. The maximum atomic E-state index is 12.3. The summed E-state index contributed by atoms with van der Waals surface area (Å²) >= 11 is 0. The van der Waals surface area contributed by atoms with Gasteiger partial charge in [0.15, 0.2) is 12.7 Å². The molecule has 27 heavy (non-hydrogen) atoms. The molecule has 0 aliphatic carbocycles. The molecule has 1 atom stereocenters. The Kier molecular flexibility index (Phi) is 6.56. The van der Waals surface area contributed by atoms with E-state index < -0.39 is 18.0 Å². The van der Waals surface area contributed by atoms with Gasteiger partial charge >= 0.3 is 5.97 Å². The standard InChI is InChI=1S/C21H22N2O4/c1-13-9-14(2)20(15(3)10-13)23-21(25)16(4)27-19(24)12-26-18-7-5-17(11-22)6-8-18/h5-10,16H,12H2,1-4H3,(H,23,25)/t16-/m0/s1. The van der Waals surface area contributed by atoms with E-state index in [0.29, 0.717) is 11.3 Å². The van der Waals surface area contributed by atoms with Crippen molar-refractivity contribution in [3.63, 3.8) is 0 Å². The zero-order valence-electron chi connectivity index (χ0n) is 15.8. The fraction of sp³-hybridized carbons (Fsp3) is 0.286. The number of carbonyl (C=O) groups excluding carboxylic acids is 2. The van der Waals surface area contributed by atoms with Gasteiger partial charge in [0.05, 0.1) is 11.6 Å². The Morgan fingerprint density at radius 2 is 1.70 bits per heavy atom. The van der Waals surface area contributed by atoms with Crippen molar-refractivity contribution in [2.75, 3.05) is 11.9 Å². The highest BCUT2D eigenvalue weighted by atomic mass is 16.6. The number of benzene rings is 2. The molecule has 0 saturated carbocycles. The number of hydrogen-bond donors (Lipinski definition) is 1. The molecule has 0 radical (unpaired) electrons. The van der Waals surface area contributed by atoms with Crippen LogP contribution >= 0.6 is 0 Å². The summed E-state index contributed by atoms with van der Waals surface area (Å²) in [5.41, 5.74) is 4.23. The Morgan fingerprint density at radius 3 is 2.26 bits per heavy atom. The van der Waals surface area contributed by atoms with E-state index in [0.717, 1.165) is 22.4 Å². The second-order valence-corrected chi connectivity index (χ2v) is 6.32. The van der Waals surface area contributed by atoms with Crippen LogP contribution < -0.4 is 10.1 Å². The molecule has 0 fully saturated rings. The molecule has 0 aliphatic heterocycles. The molecule has 0 unspecified atom stereocenters. The van der Waals surface area contributed by atoms with Gasteiger partial charge in [-0.25, -0.2) is 4.79 Å². The maximum absolute atomic E-state index is 12.3. The van der Waals surface area contributed by atoms with E-state index in [1.54, 1.807) is 24.3 Å². The molecule has 0 saturated heterocycles. The van der Waals surface area contributed by atoms with Crippen LogP contribution in [0.2, 0.25) is 0 Å². The van der Waals surface area contributed by atoms with Gasteiger partial charge < -0.3 is 14.8 Å². The molecule has 1 amide bonds. The van der Waals surface area contributed by atoms with Crippen molar-refractivity contribution >= 4 is 17.6 Å². The van der Waals surface area contributed by atoms with Crippen LogP contribution in [0.15, 0.2) is 36.4 Å². The Labute approximate surface area is 158 Å². The lowest BCUT2D eigenvalue weighted by atomic mass is 10.0. The third kappa shape index (κ3) is 5.58. The molecule has 0 heterocycles. The minimum Gasteiger partial charge on any atom is -0.482 e. The Hall–Kier alpha value is -3.33. The maximum Gasteiger partial charge on any atom is 0.344 e. The van der Waals surface area contributed by atoms with Crippen molar-refractivity contribution in [1.29, 1.82) is 5.26 Å². The van der Waals surface area contributed by atoms with E-state index in [9.17, 15) is 9.59 Å². The molecule has 140 valence electrons. The van der Waals surface area contributed by atoms with Crippen molar-refractivity contribution in [2.24, 2.45) is 0 Å². The summed E-state index contributed by atoms with van der Waals surface area (Å²) in [6.45, 7) is 7.00. The first kappa shape index (κ1) is 20.0. The van der Waals surface area contributed by atoms with E-state index >= 15 is 0 Å². The predicted octanol–water partition coefficient (Wildman–Crippen LogP) is 3.43. The Balaban J connectivity index is 1.88. The van der Waals surface area contributed by atoms with Crippen LogP contribution in [0.5, 0.6) is 5.75 Å². The number of rotatable bonds is 6. The molecule has 6 nitrogen and oxygen atoms in total. The minimum absolute atomic E-state index is 0.327. The number of nitrogens with zero attached hydrogens (tertiary/aromatic N) is 1. The van der Waals surface area contributed by atoms with Gasteiger partial charge in [-0.3, -0.25) is 4.79 Å². The smallest absolute Gasteiger partial charge is 0.344 e. The minimum atomic E-state index is -0.956. The third-order valence-corrected chi connectivity index (χ3v) is 3.94. The summed E-state index contributed by atoms with van der Waals surface area (Å²) in [7, 11) is 0. The van der Waals surface area contributed by atoms with Crippen LogP contribution in [0.3, 0.4) is 0 Å². The van der Waals surface area contributed by atoms with Crippen LogP contribution in [-0.4, -0.2) is 24.6 Å². The molecule has 1 N–H and O–H groups in total. The summed E-state index contributed by atoms with van der Waals surface area (Å²) < 4.78 is 10.4. The molecule has 6 heteroatoms. The number of nitriles is 1. The largest absolute Gasteiger partial charge is 0.482 e. The van der Waals surface area contributed by atoms with Gasteiger partial charge in [-0.05, 0) is 63.1 Å². The Morgan fingerprint density at radius 1 is 1.11 bits per heavy atom. The summed E-state index contributed by atoms with van der Waals surface area (Å²) in [6.07, 6.45) is -0.956. The lowest BCUT2D eigenvalue weighted by molar-refractivity contribution is -0.155. The van der Waals surface area contributed by atoms with Gasteiger partial charge in [-0.2, -0.15) is 5.26 Å². The first-order valence-electron chi connectivity index (χ1n) is 8.51. The highest BCUT2D eigenvalue weighted by Gasteiger charge is 2.19. The fourth-order valence-corrected chi connectivity index (χ4v) is 2.65. The van der Waals surface area contributed by atoms with Crippen LogP contribution in [0.25, 0.3) is 0 Å².